The zero-order valence-electron chi connectivity index (χ0n) is 13.8. The molecule has 0 saturated heterocycles. The molecule has 2 heterocycles. The predicted molar refractivity (Wildman–Crippen MR) is 99.4 cm³/mol. The van der Waals surface area contributed by atoms with Crippen molar-refractivity contribution in [1.82, 2.24) is 4.90 Å². The molecule has 4 nitrogen and oxygen atoms in total. The fourth-order valence-electron chi connectivity index (χ4n) is 3.29. The van der Waals surface area contributed by atoms with E-state index in [1.807, 2.05) is 48.5 Å². The van der Waals surface area contributed by atoms with Crippen molar-refractivity contribution < 1.29 is 14.3 Å². The SMILES string of the molecule is O=C1C(O)=C(c2ccccc2)C(c2ccc(Cl)cc2)N1Cc1ccco1. The maximum atomic E-state index is 12.8. The Bertz CT molecular complexity index is 947. The Morgan fingerprint density at radius 3 is 2.38 bits per heavy atom. The van der Waals surface area contributed by atoms with Crippen LogP contribution >= 0.6 is 11.6 Å². The first kappa shape index (κ1) is 16.5. The summed E-state index contributed by atoms with van der Waals surface area (Å²) in [7, 11) is 0. The lowest BCUT2D eigenvalue weighted by Crippen LogP contribution is -2.29. The smallest absolute Gasteiger partial charge is 0.290 e. The summed E-state index contributed by atoms with van der Waals surface area (Å²) in [6.45, 7) is 0.263. The summed E-state index contributed by atoms with van der Waals surface area (Å²) in [5.41, 5.74) is 2.27. The molecule has 1 aliphatic rings. The lowest BCUT2D eigenvalue weighted by Gasteiger charge is -2.26. The van der Waals surface area contributed by atoms with Crippen LogP contribution < -0.4 is 0 Å². The molecule has 0 radical (unpaired) electrons. The summed E-state index contributed by atoms with van der Waals surface area (Å²) < 4.78 is 5.41. The summed E-state index contributed by atoms with van der Waals surface area (Å²) in [4.78, 5) is 14.4. The Morgan fingerprint density at radius 1 is 1.00 bits per heavy atom. The Hall–Kier alpha value is -2.98. The molecule has 130 valence electrons. The maximum Gasteiger partial charge on any atom is 0.290 e. The molecule has 1 aromatic heterocycles. The van der Waals surface area contributed by atoms with Crippen LogP contribution in [0.25, 0.3) is 5.57 Å². The van der Waals surface area contributed by atoms with E-state index in [0.29, 0.717) is 16.4 Å². The standard InChI is InChI=1S/C21H16ClNO3/c22-16-10-8-15(9-11-16)19-18(14-5-2-1-3-6-14)20(24)21(25)23(19)13-17-7-4-12-26-17/h1-12,19,24H,13H2. The summed E-state index contributed by atoms with van der Waals surface area (Å²) >= 11 is 6.02. The van der Waals surface area contributed by atoms with Gasteiger partial charge in [0.2, 0.25) is 0 Å². The molecule has 0 aliphatic carbocycles. The Labute approximate surface area is 155 Å². The number of carbonyl (C=O) groups is 1. The lowest BCUT2D eigenvalue weighted by molar-refractivity contribution is -0.130. The van der Waals surface area contributed by atoms with Gasteiger partial charge >= 0.3 is 0 Å². The third-order valence-electron chi connectivity index (χ3n) is 4.48. The molecule has 1 N–H and O–H groups in total. The van der Waals surface area contributed by atoms with Crippen molar-refractivity contribution in [3.05, 3.63) is 101 Å². The summed E-state index contributed by atoms with van der Waals surface area (Å²) in [5, 5.41) is 11.2. The molecule has 0 fully saturated rings. The maximum absolute atomic E-state index is 12.8. The Morgan fingerprint density at radius 2 is 1.73 bits per heavy atom. The van der Waals surface area contributed by atoms with Crippen LogP contribution in [0.3, 0.4) is 0 Å². The van der Waals surface area contributed by atoms with Crippen molar-refractivity contribution in [1.29, 1.82) is 0 Å². The van der Waals surface area contributed by atoms with Crippen molar-refractivity contribution in [2.75, 3.05) is 0 Å². The van der Waals surface area contributed by atoms with Gasteiger partial charge in [0, 0.05) is 10.6 Å². The molecule has 5 heteroatoms. The van der Waals surface area contributed by atoms with Gasteiger partial charge in [0.05, 0.1) is 18.8 Å². The molecular formula is C21H16ClNO3. The van der Waals surface area contributed by atoms with E-state index in [2.05, 4.69) is 0 Å². The van der Waals surface area contributed by atoms with Crippen molar-refractivity contribution >= 4 is 23.1 Å². The Kier molecular flexibility index (Phi) is 4.27. The van der Waals surface area contributed by atoms with Crippen LogP contribution in [0.2, 0.25) is 5.02 Å². The van der Waals surface area contributed by atoms with E-state index in [0.717, 1.165) is 11.1 Å². The number of aliphatic hydroxyl groups excluding tert-OH is 1. The molecule has 2 aromatic carbocycles. The topological polar surface area (TPSA) is 53.7 Å². The molecule has 4 rings (SSSR count). The van der Waals surface area contributed by atoms with Gasteiger partial charge in [-0.3, -0.25) is 4.79 Å². The molecule has 26 heavy (non-hydrogen) atoms. The molecule has 1 aliphatic heterocycles. The quantitative estimate of drug-likeness (QED) is 0.709. The van der Waals surface area contributed by atoms with Crippen LogP contribution in [0.5, 0.6) is 0 Å². The highest BCUT2D eigenvalue weighted by Gasteiger charge is 2.41. The molecule has 0 spiro atoms. The van der Waals surface area contributed by atoms with Gasteiger partial charge in [-0.05, 0) is 35.4 Å². The fraction of sp³-hybridized carbons (Fsp3) is 0.0952. The molecule has 1 amide bonds. The van der Waals surface area contributed by atoms with Gasteiger partial charge in [0.1, 0.15) is 5.76 Å². The van der Waals surface area contributed by atoms with Crippen molar-refractivity contribution in [3.63, 3.8) is 0 Å². The number of halogens is 1. The van der Waals surface area contributed by atoms with Gasteiger partial charge < -0.3 is 14.4 Å². The molecule has 1 atom stereocenters. The highest BCUT2D eigenvalue weighted by molar-refractivity contribution is 6.30. The first-order chi connectivity index (χ1) is 12.6. The third kappa shape index (κ3) is 2.89. The van der Waals surface area contributed by atoms with Crippen LogP contribution in [-0.4, -0.2) is 15.9 Å². The second-order valence-corrected chi connectivity index (χ2v) is 6.53. The van der Waals surface area contributed by atoms with Crippen LogP contribution in [0.15, 0.2) is 83.2 Å². The number of hydrogen-bond acceptors (Lipinski definition) is 3. The molecule has 0 saturated carbocycles. The minimum absolute atomic E-state index is 0.234. The van der Waals surface area contributed by atoms with E-state index in [9.17, 15) is 9.90 Å². The normalized spacial score (nSPS) is 17.2. The van der Waals surface area contributed by atoms with Gasteiger partial charge in [-0.25, -0.2) is 0 Å². The van der Waals surface area contributed by atoms with Crippen molar-refractivity contribution in [2.24, 2.45) is 0 Å². The molecule has 3 aromatic rings. The zero-order chi connectivity index (χ0) is 18.1. The number of rotatable bonds is 4. The van der Waals surface area contributed by atoms with Gasteiger partial charge in [-0.2, -0.15) is 0 Å². The monoisotopic (exact) mass is 365 g/mol. The van der Waals surface area contributed by atoms with E-state index in [4.69, 9.17) is 16.0 Å². The van der Waals surface area contributed by atoms with Crippen LogP contribution in [0.1, 0.15) is 22.9 Å². The van der Waals surface area contributed by atoms with Gasteiger partial charge in [0.15, 0.2) is 5.76 Å². The number of aliphatic hydroxyl groups is 1. The molecular weight excluding hydrogens is 350 g/mol. The minimum Gasteiger partial charge on any atom is -0.503 e. The summed E-state index contributed by atoms with van der Waals surface area (Å²) in [5.74, 6) is 0.00216. The van der Waals surface area contributed by atoms with Crippen LogP contribution in [0, 0.1) is 0 Å². The first-order valence-corrected chi connectivity index (χ1v) is 8.60. The van der Waals surface area contributed by atoms with Crippen LogP contribution in [-0.2, 0) is 11.3 Å². The third-order valence-corrected chi connectivity index (χ3v) is 4.73. The lowest BCUT2D eigenvalue weighted by atomic mass is 9.93. The number of benzene rings is 2. The highest BCUT2D eigenvalue weighted by atomic mass is 35.5. The number of amides is 1. The van der Waals surface area contributed by atoms with E-state index >= 15 is 0 Å². The van der Waals surface area contributed by atoms with E-state index < -0.39 is 11.9 Å². The van der Waals surface area contributed by atoms with Gasteiger partial charge in [-0.15, -0.1) is 0 Å². The van der Waals surface area contributed by atoms with Gasteiger partial charge in [0.25, 0.3) is 5.91 Å². The fourth-order valence-corrected chi connectivity index (χ4v) is 3.42. The van der Waals surface area contributed by atoms with Crippen molar-refractivity contribution in [2.45, 2.75) is 12.6 Å². The Balaban J connectivity index is 1.82. The van der Waals surface area contributed by atoms with Crippen molar-refractivity contribution in [3.8, 4) is 0 Å². The minimum atomic E-state index is -0.424. The van der Waals surface area contributed by atoms with E-state index in [1.54, 1.807) is 29.4 Å². The number of carbonyl (C=O) groups excluding carboxylic acids is 1. The van der Waals surface area contributed by atoms with Gasteiger partial charge in [-0.1, -0.05) is 54.1 Å². The summed E-state index contributed by atoms with van der Waals surface area (Å²) in [6.07, 6.45) is 1.57. The zero-order valence-corrected chi connectivity index (χ0v) is 14.6. The number of nitrogens with zero attached hydrogens (tertiary/aromatic N) is 1. The van der Waals surface area contributed by atoms with Crippen LogP contribution in [0.4, 0.5) is 0 Å². The van der Waals surface area contributed by atoms with E-state index in [-0.39, 0.29) is 12.3 Å². The van der Waals surface area contributed by atoms with E-state index in [1.165, 1.54) is 0 Å². The number of hydrogen-bond donors (Lipinski definition) is 1. The molecule has 1 unspecified atom stereocenters. The number of furan rings is 1. The average Bonchev–Trinajstić information content (AvgIpc) is 3.26. The molecule has 0 bridgehead atoms. The average molecular weight is 366 g/mol. The predicted octanol–water partition coefficient (Wildman–Crippen LogP) is 4.99. The second kappa shape index (κ2) is 6.73. The first-order valence-electron chi connectivity index (χ1n) is 8.22. The summed E-state index contributed by atoms with van der Waals surface area (Å²) in [6, 6.07) is 19.9. The highest BCUT2D eigenvalue weighted by Crippen LogP contribution is 2.43. The second-order valence-electron chi connectivity index (χ2n) is 6.09. The largest absolute Gasteiger partial charge is 0.503 e.